The van der Waals surface area contributed by atoms with Crippen molar-refractivity contribution in [3.63, 3.8) is 0 Å². The van der Waals surface area contributed by atoms with Crippen LogP contribution in [0.25, 0.3) is 0 Å². The Hall–Kier alpha value is -2.43. The summed E-state index contributed by atoms with van der Waals surface area (Å²) in [4.78, 5) is 16.8. The van der Waals surface area contributed by atoms with Gasteiger partial charge < -0.3 is 9.80 Å². The van der Waals surface area contributed by atoms with Crippen LogP contribution in [0.4, 0.5) is 5.82 Å². The van der Waals surface area contributed by atoms with Gasteiger partial charge in [-0.3, -0.25) is 4.79 Å². The minimum absolute atomic E-state index is 0.225. The normalized spacial score (nSPS) is 23.4. The number of carbonyl (C=O) groups excluding carboxylic acids is 1. The molecular weight excluding hydrogens is 288 g/mol. The van der Waals surface area contributed by atoms with Crippen LogP contribution in [0.1, 0.15) is 24.1 Å². The van der Waals surface area contributed by atoms with Gasteiger partial charge in [0.2, 0.25) is 5.91 Å². The van der Waals surface area contributed by atoms with Crippen LogP contribution in [0.15, 0.2) is 42.5 Å². The summed E-state index contributed by atoms with van der Waals surface area (Å²) < 4.78 is 0. The summed E-state index contributed by atoms with van der Waals surface area (Å²) in [5.74, 6) is 1.13. The standard InChI is InChI=1S/C18H20N4O/c1-13-7-8-17(20-19-13)21-10-9-15-16(21)11-18(23)22(15)12-14-5-3-2-4-6-14/h2-8,15-16H,9-12H2,1H3/t15-,16-/m0/s1. The molecule has 23 heavy (non-hydrogen) atoms. The van der Waals surface area contributed by atoms with Crippen molar-refractivity contribution in [2.24, 2.45) is 0 Å². The van der Waals surface area contributed by atoms with Gasteiger partial charge in [0.15, 0.2) is 5.82 Å². The first-order chi connectivity index (χ1) is 11.2. The highest BCUT2D eigenvalue weighted by molar-refractivity contribution is 5.81. The van der Waals surface area contributed by atoms with Gasteiger partial charge in [-0.15, -0.1) is 5.10 Å². The minimum Gasteiger partial charge on any atom is -0.349 e. The van der Waals surface area contributed by atoms with Crippen LogP contribution >= 0.6 is 0 Å². The van der Waals surface area contributed by atoms with E-state index in [-0.39, 0.29) is 18.0 Å². The van der Waals surface area contributed by atoms with E-state index < -0.39 is 0 Å². The first kappa shape index (κ1) is 14.2. The second kappa shape index (κ2) is 5.65. The van der Waals surface area contributed by atoms with Crippen molar-refractivity contribution in [2.45, 2.75) is 38.4 Å². The Labute approximate surface area is 135 Å². The lowest BCUT2D eigenvalue weighted by molar-refractivity contribution is -0.129. The summed E-state index contributed by atoms with van der Waals surface area (Å²) >= 11 is 0. The molecule has 5 heteroatoms. The van der Waals surface area contributed by atoms with Gasteiger partial charge in [0.05, 0.1) is 17.8 Å². The summed E-state index contributed by atoms with van der Waals surface area (Å²) in [7, 11) is 0. The third-order valence-corrected chi connectivity index (χ3v) is 4.89. The molecule has 1 aromatic carbocycles. The van der Waals surface area contributed by atoms with E-state index in [4.69, 9.17) is 0 Å². The van der Waals surface area contributed by atoms with E-state index in [0.717, 1.165) is 24.5 Å². The average Bonchev–Trinajstić information content (AvgIpc) is 3.10. The first-order valence-corrected chi connectivity index (χ1v) is 8.13. The number of carbonyl (C=O) groups is 1. The van der Waals surface area contributed by atoms with E-state index in [0.29, 0.717) is 13.0 Å². The van der Waals surface area contributed by atoms with Gasteiger partial charge in [-0.1, -0.05) is 30.3 Å². The van der Waals surface area contributed by atoms with Crippen LogP contribution in [0.3, 0.4) is 0 Å². The number of amides is 1. The SMILES string of the molecule is Cc1ccc(N2CC[C@H]3[C@@H]2CC(=O)N3Cc2ccccc2)nn1. The summed E-state index contributed by atoms with van der Waals surface area (Å²) in [6.45, 7) is 3.57. The van der Waals surface area contributed by atoms with E-state index >= 15 is 0 Å². The third kappa shape index (κ3) is 2.56. The van der Waals surface area contributed by atoms with Gasteiger partial charge in [-0.05, 0) is 31.0 Å². The second-order valence-corrected chi connectivity index (χ2v) is 6.36. The topological polar surface area (TPSA) is 49.3 Å². The molecule has 118 valence electrons. The van der Waals surface area contributed by atoms with E-state index in [2.05, 4.69) is 27.2 Å². The molecule has 0 spiro atoms. The number of nitrogens with zero attached hydrogens (tertiary/aromatic N) is 4. The van der Waals surface area contributed by atoms with Crippen molar-refractivity contribution >= 4 is 11.7 Å². The van der Waals surface area contributed by atoms with Gasteiger partial charge in [0.25, 0.3) is 0 Å². The number of aromatic nitrogens is 2. The fourth-order valence-electron chi connectivity index (χ4n) is 3.74. The Morgan fingerprint density at radius 1 is 1.09 bits per heavy atom. The average molecular weight is 308 g/mol. The van der Waals surface area contributed by atoms with Crippen molar-refractivity contribution in [1.82, 2.24) is 15.1 Å². The maximum atomic E-state index is 12.5. The van der Waals surface area contributed by atoms with Crippen LogP contribution in [0, 0.1) is 6.92 Å². The summed E-state index contributed by atoms with van der Waals surface area (Å²) in [6, 6.07) is 14.7. The molecule has 0 bridgehead atoms. The molecule has 0 radical (unpaired) electrons. The van der Waals surface area contributed by atoms with Crippen LogP contribution in [0.2, 0.25) is 0 Å². The van der Waals surface area contributed by atoms with E-state index in [9.17, 15) is 4.79 Å². The van der Waals surface area contributed by atoms with Crippen molar-refractivity contribution in [2.75, 3.05) is 11.4 Å². The highest BCUT2D eigenvalue weighted by Crippen LogP contribution is 2.35. The molecule has 3 heterocycles. The highest BCUT2D eigenvalue weighted by atomic mass is 16.2. The van der Waals surface area contributed by atoms with Crippen LogP contribution < -0.4 is 4.90 Å². The van der Waals surface area contributed by atoms with Gasteiger partial charge in [-0.25, -0.2) is 0 Å². The fraction of sp³-hybridized carbons (Fsp3) is 0.389. The van der Waals surface area contributed by atoms with E-state index in [1.165, 1.54) is 5.56 Å². The molecule has 4 rings (SSSR count). The number of fused-ring (bicyclic) bond motifs is 1. The molecule has 2 saturated heterocycles. The number of anilines is 1. The lowest BCUT2D eigenvalue weighted by Crippen LogP contribution is -2.37. The largest absolute Gasteiger partial charge is 0.349 e. The monoisotopic (exact) mass is 308 g/mol. The van der Waals surface area contributed by atoms with E-state index in [1.807, 2.05) is 42.2 Å². The molecule has 0 aliphatic carbocycles. The molecule has 1 amide bonds. The van der Waals surface area contributed by atoms with Gasteiger partial charge in [0, 0.05) is 19.5 Å². The molecule has 5 nitrogen and oxygen atoms in total. The van der Waals surface area contributed by atoms with Crippen LogP contribution in [-0.2, 0) is 11.3 Å². The predicted molar refractivity (Wildman–Crippen MR) is 87.9 cm³/mol. The molecule has 0 N–H and O–H groups in total. The minimum atomic E-state index is 0.225. The summed E-state index contributed by atoms with van der Waals surface area (Å²) in [5, 5.41) is 8.45. The number of hydrogen-bond acceptors (Lipinski definition) is 4. The zero-order valence-corrected chi connectivity index (χ0v) is 13.2. The Kier molecular flexibility index (Phi) is 3.48. The van der Waals surface area contributed by atoms with E-state index in [1.54, 1.807) is 0 Å². The van der Waals surface area contributed by atoms with Gasteiger partial charge in [0.1, 0.15) is 0 Å². The van der Waals surface area contributed by atoms with Crippen molar-refractivity contribution in [3.05, 3.63) is 53.7 Å². The lowest BCUT2D eigenvalue weighted by atomic mass is 10.1. The molecule has 2 aromatic rings. The quantitative estimate of drug-likeness (QED) is 0.872. The number of likely N-dealkylation sites (tertiary alicyclic amines) is 1. The molecule has 0 saturated carbocycles. The number of hydrogen-bond donors (Lipinski definition) is 0. The maximum Gasteiger partial charge on any atom is 0.225 e. The van der Waals surface area contributed by atoms with Crippen molar-refractivity contribution < 1.29 is 4.79 Å². The molecule has 0 unspecified atom stereocenters. The molecule has 2 aliphatic rings. The molecule has 1 aromatic heterocycles. The maximum absolute atomic E-state index is 12.5. The predicted octanol–water partition coefficient (Wildman–Crippen LogP) is 2.16. The zero-order chi connectivity index (χ0) is 15.8. The lowest BCUT2D eigenvalue weighted by Gasteiger charge is -2.25. The van der Waals surface area contributed by atoms with Crippen LogP contribution in [0.5, 0.6) is 0 Å². The molecule has 2 aliphatic heterocycles. The highest BCUT2D eigenvalue weighted by Gasteiger charge is 2.47. The second-order valence-electron chi connectivity index (χ2n) is 6.36. The third-order valence-electron chi connectivity index (χ3n) is 4.89. The van der Waals surface area contributed by atoms with Gasteiger partial charge in [-0.2, -0.15) is 5.10 Å². The summed E-state index contributed by atoms with van der Waals surface area (Å²) in [6.07, 6.45) is 1.58. The Morgan fingerprint density at radius 2 is 1.91 bits per heavy atom. The van der Waals surface area contributed by atoms with Crippen molar-refractivity contribution in [1.29, 1.82) is 0 Å². The smallest absolute Gasteiger partial charge is 0.225 e. The summed E-state index contributed by atoms with van der Waals surface area (Å²) in [5.41, 5.74) is 2.10. The zero-order valence-electron chi connectivity index (χ0n) is 13.2. The molecular formula is C18H20N4O. The molecule has 2 fully saturated rings. The number of benzene rings is 1. The number of aryl methyl sites for hydroxylation is 1. The fourth-order valence-corrected chi connectivity index (χ4v) is 3.74. The van der Waals surface area contributed by atoms with Crippen LogP contribution in [-0.4, -0.2) is 39.6 Å². The Balaban J connectivity index is 1.54. The first-order valence-electron chi connectivity index (χ1n) is 8.13. The molecule has 2 atom stereocenters. The number of rotatable bonds is 3. The Morgan fingerprint density at radius 3 is 2.65 bits per heavy atom. The van der Waals surface area contributed by atoms with Gasteiger partial charge >= 0.3 is 0 Å². The Bertz CT molecular complexity index is 701. The van der Waals surface area contributed by atoms with Crippen molar-refractivity contribution in [3.8, 4) is 0 Å².